The first-order valence-corrected chi connectivity index (χ1v) is 13.0. The zero-order valence-corrected chi connectivity index (χ0v) is 18.9. The second-order valence-electron chi connectivity index (χ2n) is 10.5. The van der Waals surface area contributed by atoms with Crippen LogP contribution in [0.15, 0.2) is 46.2 Å². The van der Waals surface area contributed by atoms with E-state index >= 15 is 0 Å². The smallest absolute Gasteiger partial charge is 0.214 e. The molecule has 0 radical (unpaired) electrons. The van der Waals surface area contributed by atoms with E-state index in [9.17, 15) is 8.42 Å². The molecule has 4 saturated carbocycles. The maximum absolute atomic E-state index is 13.6. The van der Waals surface area contributed by atoms with Gasteiger partial charge in [0.2, 0.25) is 9.84 Å². The first kappa shape index (κ1) is 18.9. The molecule has 0 saturated heterocycles. The van der Waals surface area contributed by atoms with Gasteiger partial charge >= 0.3 is 0 Å². The molecule has 0 aliphatic heterocycles. The van der Waals surface area contributed by atoms with E-state index in [1.807, 2.05) is 6.07 Å². The summed E-state index contributed by atoms with van der Waals surface area (Å²) in [5.74, 6) is 3.11. The van der Waals surface area contributed by atoms with Crippen molar-refractivity contribution < 1.29 is 8.42 Å². The number of hydrogen-bond acceptors (Lipinski definition) is 6. The highest BCUT2D eigenvalue weighted by molar-refractivity contribution is 7.91. The molecule has 4 fully saturated rings. The van der Waals surface area contributed by atoms with E-state index in [1.165, 1.54) is 30.2 Å². The molecule has 4 aliphatic rings. The number of fused-ring (bicyclic) bond motifs is 2. The number of sulfone groups is 1. The van der Waals surface area contributed by atoms with Crippen LogP contribution in [0.3, 0.4) is 0 Å². The number of nitrogens with zero attached hydrogens (tertiary/aromatic N) is 3. The van der Waals surface area contributed by atoms with E-state index < -0.39 is 9.84 Å². The standard InChI is InChI=1S/C24H27N5O2S/c1-26-21-20(32(30,31)16-5-3-2-4-6-16)22-27-18(9-19(25)29(22)28-21)23-10-14-7-8-24(17(14)13-23)12-15(24)11-23/h2-6,9,14-15,17H,7-8,10-13,25H2,1H3,(H,26,28). The third kappa shape index (κ3) is 2.19. The number of nitrogens with two attached hydrogens (primary N) is 1. The van der Waals surface area contributed by atoms with Crippen molar-refractivity contribution in [3.05, 3.63) is 42.1 Å². The molecule has 1 aromatic carbocycles. The van der Waals surface area contributed by atoms with Crippen molar-refractivity contribution >= 4 is 27.1 Å². The van der Waals surface area contributed by atoms with Crippen LogP contribution >= 0.6 is 0 Å². The number of hydrogen-bond donors (Lipinski definition) is 2. The van der Waals surface area contributed by atoms with Crippen molar-refractivity contribution in [2.45, 2.75) is 53.7 Å². The number of nitrogen functional groups attached to an aromatic ring is 1. The first-order chi connectivity index (χ1) is 15.4. The number of benzene rings is 1. The van der Waals surface area contributed by atoms with Crippen molar-refractivity contribution in [2.24, 2.45) is 23.2 Å². The second kappa shape index (κ2) is 5.84. The Morgan fingerprint density at radius 1 is 1.16 bits per heavy atom. The largest absolute Gasteiger partial charge is 0.384 e. The van der Waals surface area contributed by atoms with Gasteiger partial charge in [0.15, 0.2) is 16.4 Å². The minimum atomic E-state index is -3.82. The van der Waals surface area contributed by atoms with Crippen molar-refractivity contribution in [3.63, 3.8) is 0 Å². The highest BCUT2D eigenvalue weighted by Crippen LogP contribution is 2.80. The Labute approximate surface area is 187 Å². The molecule has 1 spiro atoms. The monoisotopic (exact) mass is 449 g/mol. The van der Waals surface area contributed by atoms with E-state index in [4.69, 9.17) is 10.7 Å². The molecule has 2 aromatic heterocycles. The molecule has 8 heteroatoms. The minimum Gasteiger partial charge on any atom is -0.384 e. The molecule has 5 unspecified atom stereocenters. The zero-order valence-electron chi connectivity index (χ0n) is 18.1. The Bertz CT molecular complexity index is 1380. The van der Waals surface area contributed by atoms with Gasteiger partial charge in [-0.2, -0.15) is 4.52 Å². The summed E-state index contributed by atoms with van der Waals surface area (Å²) in [6, 6.07) is 10.4. The van der Waals surface area contributed by atoms with E-state index in [0.29, 0.717) is 16.9 Å². The van der Waals surface area contributed by atoms with E-state index in [0.717, 1.165) is 36.3 Å². The highest BCUT2D eigenvalue weighted by Gasteiger charge is 2.72. The van der Waals surface area contributed by atoms with Gasteiger partial charge in [-0.3, -0.25) is 0 Å². The molecule has 32 heavy (non-hydrogen) atoms. The van der Waals surface area contributed by atoms with Crippen LogP contribution < -0.4 is 11.1 Å². The maximum atomic E-state index is 13.6. The van der Waals surface area contributed by atoms with Crippen molar-refractivity contribution in [1.29, 1.82) is 0 Å². The first-order valence-electron chi connectivity index (χ1n) is 11.6. The Balaban J connectivity index is 1.43. The lowest BCUT2D eigenvalue weighted by Crippen LogP contribution is -2.32. The Hall–Kier alpha value is -2.61. The molecule has 7 nitrogen and oxygen atoms in total. The van der Waals surface area contributed by atoms with Gasteiger partial charge in [-0.1, -0.05) is 18.2 Å². The number of anilines is 2. The fourth-order valence-electron chi connectivity index (χ4n) is 7.74. The van der Waals surface area contributed by atoms with Crippen LogP contribution in [0.4, 0.5) is 11.6 Å². The van der Waals surface area contributed by atoms with Crippen LogP contribution in [0, 0.1) is 23.2 Å². The van der Waals surface area contributed by atoms with Crippen LogP contribution in [-0.2, 0) is 15.3 Å². The lowest BCUT2D eigenvalue weighted by molar-refractivity contribution is 0.213. The SMILES string of the molecule is CNc1nn2c(N)cc(C34CC5CCC6(CC6C3)C5C4)nc2c1S(=O)(=O)c1ccccc1. The predicted molar refractivity (Wildman–Crippen MR) is 121 cm³/mol. The molecule has 3 aromatic rings. The number of rotatable bonds is 4. The Morgan fingerprint density at radius 3 is 2.75 bits per heavy atom. The van der Waals surface area contributed by atoms with Gasteiger partial charge in [-0.25, -0.2) is 13.4 Å². The van der Waals surface area contributed by atoms with Crippen LogP contribution in [-0.4, -0.2) is 30.1 Å². The van der Waals surface area contributed by atoms with Crippen LogP contribution in [0.25, 0.3) is 5.65 Å². The zero-order chi connectivity index (χ0) is 21.9. The normalized spacial score (nSPS) is 34.6. The van der Waals surface area contributed by atoms with Crippen LogP contribution in [0.5, 0.6) is 0 Å². The van der Waals surface area contributed by atoms with Crippen molar-refractivity contribution in [3.8, 4) is 0 Å². The number of nitrogens with one attached hydrogen (secondary N) is 1. The van der Waals surface area contributed by atoms with Gasteiger partial charge in [0.1, 0.15) is 5.82 Å². The number of aromatic nitrogens is 3. The van der Waals surface area contributed by atoms with Crippen molar-refractivity contribution in [2.75, 3.05) is 18.1 Å². The van der Waals surface area contributed by atoms with Crippen LogP contribution in [0.1, 0.15) is 44.2 Å². The lowest BCUT2D eigenvalue weighted by Gasteiger charge is -2.36. The molecule has 2 bridgehead atoms. The fourth-order valence-corrected chi connectivity index (χ4v) is 9.26. The highest BCUT2D eigenvalue weighted by atomic mass is 32.2. The van der Waals surface area contributed by atoms with E-state index in [-0.39, 0.29) is 21.0 Å². The van der Waals surface area contributed by atoms with Gasteiger partial charge in [0.05, 0.1) is 10.6 Å². The predicted octanol–water partition coefficient (Wildman–Crippen LogP) is 3.65. The summed E-state index contributed by atoms with van der Waals surface area (Å²) in [4.78, 5) is 5.36. The average molecular weight is 450 g/mol. The van der Waals surface area contributed by atoms with E-state index in [1.54, 1.807) is 37.4 Å². The van der Waals surface area contributed by atoms with Crippen LogP contribution in [0.2, 0.25) is 0 Å². The van der Waals surface area contributed by atoms with Gasteiger partial charge in [0.25, 0.3) is 0 Å². The summed E-state index contributed by atoms with van der Waals surface area (Å²) in [6.45, 7) is 0. The molecular formula is C24H27N5O2S. The average Bonchev–Trinajstić information content (AvgIpc) is 3.07. The Kier molecular flexibility index (Phi) is 3.45. The topological polar surface area (TPSA) is 102 Å². The summed E-state index contributed by atoms with van der Waals surface area (Å²) in [7, 11) is -2.15. The van der Waals surface area contributed by atoms with Gasteiger partial charge < -0.3 is 11.1 Å². The Morgan fingerprint density at radius 2 is 1.97 bits per heavy atom. The second-order valence-corrected chi connectivity index (χ2v) is 12.4. The summed E-state index contributed by atoms with van der Waals surface area (Å²) < 4.78 is 28.7. The van der Waals surface area contributed by atoms with Gasteiger partial charge in [-0.05, 0) is 73.8 Å². The van der Waals surface area contributed by atoms with Gasteiger partial charge in [0, 0.05) is 18.5 Å². The van der Waals surface area contributed by atoms with Crippen molar-refractivity contribution in [1.82, 2.24) is 14.6 Å². The third-order valence-electron chi connectivity index (χ3n) is 9.14. The maximum Gasteiger partial charge on any atom is 0.214 e. The fraction of sp³-hybridized carbons (Fsp3) is 0.500. The van der Waals surface area contributed by atoms with Gasteiger partial charge in [-0.15, -0.1) is 5.10 Å². The minimum absolute atomic E-state index is 0.0220. The molecule has 4 aliphatic carbocycles. The summed E-state index contributed by atoms with van der Waals surface area (Å²) in [6.07, 6.45) is 7.61. The molecular weight excluding hydrogens is 422 g/mol. The summed E-state index contributed by atoms with van der Waals surface area (Å²) in [5.41, 5.74) is 8.40. The molecule has 5 atom stereocenters. The quantitative estimate of drug-likeness (QED) is 0.630. The summed E-state index contributed by atoms with van der Waals surface area (Å²) >= 11 is 0. The molecule has 7 rings (SSSR count). The molecule has 166 valence electrons. The third-order valence-corrected chi connectivity index (χ3v) is 11.0. The molecule has 3 N–H and O–H groups in total. The lowest BCUT2D eigenvalue weighted by atomic mass is 9.69. The molecule has 0 amide bonds. The van der Waals surface area contributed by atoms with E-state index in [2.05, 4.69) is 10.4 Å². The summed E-state index contributed by atoms with van der Waals surface area (Å²) in [5, 5.41) is 7.41. The molecule has 2 heterocycles.